The topological polar surface area (TPSA) is 29.4 Å². The van der Waals surface area contributed by atoms with Crippen LogP contribution in [0.25, 0.3) is 0 Å². The number of rotatable bonds is 3. The lowest BCUT2D eigenvalue weighted by atomic mass is 10.3. The molecule has 0 heterocycles. The van der Waals surface area contributed by atoms with Gasteiger partial charge in [0.2, 0.25) is 0 Å². The third-order valence-electron chi connectivity index (χ3n) is 0.677. The van der Waals surface area contributed by atoms with E-state index in [-0.39, 0.29) is 5.57 Å². The fourth-order valence-corrected chi connectivity index (χ4v) is 0.408. The fraction of sp³-hybridized carbons (Fsp3) is 0. The van der Waals surface area contributed by atoms with Crippen LogP contribution in [0.3, 0.4) is 0 Å². The van der Waals surface area contributed by atoms with E-state index in [0.29, 0.717) is 0 Å². The Morgan fingerprint density at radius 1 is 1.67 bits per heavy atom. The van der Waals surface area contributed by atoms with Gasteiger partial charge >= 0.3 is 0 Å². The quantitative estimate of drug-likeness (QED) is 0.255. The van der Waals surface area contributed by atoms with Gasteiger partial charge in [-0.3, -0.25) is 9.79 Å². The van der Waals surface area contributed by atoms with Crippen molar-refractivity contribution in [2.45, 2.75) is 0 Å². The molecule has 0 saturated carbocycles. The van der Waals surface area contributed by atoms with Crippen LogP contribution in [0.1, 0.15) is 0 Å². The van der Waals surface area contributed by atoms with E-state index in [1.807, 2.05) is 0 Å². The summed E-state index contributed by atoms with van der Waals surface area (Å²) in [4.78, 5) is 13.6. The smallest absolute Gasteiger partial charge is 0.253 e. The maximum absolute atomic E-state index is 10.3. The molecule has 0 aromatic heterocycles. The highest BCUT2D eigenvalue weighted by molar-refractivity contribution is 6.68. The predicted octanol–water partition coefficient (Wildman–Crippen LogP) is 1.52. The zero-order valence-corrected chi connectivity index (χ0v) is 5.56. The number of aliphatic imine (C=N–C) groups is 1. The van der Waals surface area contributed by atoms with Gasteiger partial charge in [-0.15, -0.1) is 0 Å². The number of carbonyl (C=O) groups is 1. The Morgan fingerprint density at radius 3 is 2.33 bits per heavy atom. The van der Waals surface area contributed by atoms with Gasteiger partial charge in [-0.25, -0.2) is 0 Å². The van der Waals surface area contributed by atoms with Crippen molar-refractivity contribution in [1.29, 1.82) is 0 Å². The largest absolute Gasteiger partial charge is 0.276 e. The molecule has 9 heavy (non-hydrogen) atoms. The molecular formula is C6H6ClNO. The van der Waals surface area contributed by atoms with E-state index in [4.69, 9.17) is 11.6 Å². The van der Waals surface area contributed by atoms with Crippen LogP contribution >= 0.6 is 11.6 Å². The molecule has 0 rings (SSSR count). The Balaban J connectivity index is 4.32. The normalized spacial score (nSPS) is 10.6. The monoisotopic (exact) mass is 143 g/mol. The summed E-state index contributed by atoms with van der Waals surface area (Å²) < 4.78 is 0. The lowest BCUT2D eigenvalue weighted by molar-refractivity contribution is -0.108. The van der Waals surface area contributed by atoms with E-state index in [1.54, 1.807) is 0 Å². The molecule has 0 atom stereocenters. The average Bonchev–Trinajstić information content (AvgIpc) is 1.82. The second-order valence-corrected chi connectivity index (χ2v) is 1.59. The van der Waals surface area contributed by atoms with Gasteiger partial charge in [-0.1, -0.05) is 12.7 Å². The fourth-order valence-electron chi connectivity index (χ4n) is 0.282. The summed E-state index contributed by atoms with van der Waals surface area (Å²) >= 11 is 5.06. The molecule has 0 aliphatic heterocycles. The second-order valence-electron chi connectivity index (χ2n) is 1.24. The van der Waals surface area contributed by atoms with Gasteiger partial charge in [0.15, 0.2) is 0 Å². The highest BCUT2D eigenvalue weighted by atomic mass is 35.5. The minimum absolute atomic E-state index is 0.256. The number of nitrogens with zero attached hydrogens (tertiary/aromatic N) is 1. The summed E-state index contributed by atoms with van der Waals surface area (Å²) in [6.45, 7) is 6.49. The zero-order chi connectivity index (χ0) is 7.28. The molecule has 0 aromatic rings. The Labute approximate surface area is 58.5 Å². The van der Waals surface area contributed by atoms with E-state index in [9.17, 15) is 4.79 Å². The highest BCUT2D eigenvalue weighted by Crippen LogP contribution is 2.00. The van der Waals surface area contributed by atoms with Crippen LogP contribution in [0, 0.1) is 0 Å². The van der Waals surface area contributed by atoms with Crippen LogP contribution < -0.4 is 0 Å². The van der Waals surface area contributed by atoms with Crippen molar-refractivity contribution in [2.24, 2.45) is 4.99 Å². The van der Waals surface area contributed by atoms with Gasteiger partial charge < -0.3 is 0 Å². The maximum Gasteiger partial charge on any atom is 0.253 e. The van der Waals surface area contributed by atoms with Crippen molar-refractivity contribution >= 4 is 23.6 Å². The summed E-state index contributed by atoms with van der Waals surface area (Å²) in [7, 11) is 0. The van der Waals surface area contributed by atoms with Crippen molar-refractivity contribution in [3.63, 3.8) is 0 Å². The molecule has 0 aromatic carbocycles. The summed E-state index contributed by atoms with van der Waals surface area (Å²) in [6.07, 6.45) is 2.58. The minimum Gasteiger partial charge on any atom is -0.276 e. The van der Waals surface area contributed by atoms with E-state index >= 15 is 0 Å². The lowest BCUT2D eigenvalue weighted by Crippen LogP contribution is -1.86. The standard InChI is InChI=1S/C6H6ClNO/c1-3-5(4-8-2)6(7)9/h3-4H,1-2H2/b5-4+. The van der Waals surface area contributed by atoms with Crippen LogP contribution in [0.2, 0.25) is 0 Å². The van der Waals surface area contributed by atoms with Crippen LogP contribution in [-0.2, 0) is 4.79 Å². The molecule has 0 aliphatic rings. The van der Waals surface area contributed by atoms with Gasteiger partial charge in [0.05, 0.1) is 5.57 Å². The molecule has 0 radical (unpaired) electrons. The SMILES string of the molecule is C=C/C(=C\N=C)C(=O)Cl. The van der Waals surface area contributed by atoms with Crippen molar-refractivity contribution < 1.29 is 4.79 Å². The molecular weight excluding hydrogens is 138 g/mol. The highest BCUT2D eigenvalue weighted by Gasteiger charge is 1.97. The first-order valence-corrected chi connectivity index (χ1v) is 2.58. The van der Waals surface area contributed by atoms with Crippen molar-refractivity contribution in [2.75, 3.05) is 0 Å². The summed E-state index contributed by atoms with van der Waals surface area (Å²) in [5, 5.41) is -0.572. The van der Waals surface area contributed by atoms with E-state index < -0.39 is 5.24 Å². The lowest BCUT2D eigenvalue weighted by Gasteiger charge is -1.85. The Kier molecular flexibility index (Phi) is 3.64. The third-order valence-corrected chi connectivity index (χ3v) is 0.895. The number of carbonyl (C=O) groups excluding carboxylic acids is 1. The molecule has 0 unspecified atom stereocenters. The number of hydrogen-bond acceptors (Lipinski definition) is 2. The zero-order valence-electron chi connectivity index (χ0n) is 4.80. The Bertz CT molecular complexity index is 172. The molecule has 0 amide bonds. The van der Waals surface area contributed by atoms with Gasteiger partial charge in [-0.2, -0.15) is 0 Å². The summed E-state index contributed by atoms with van der Waals surface area (Å²) in [6, 6.07) is 0. The van der Waals surface area contributed by atoms with Crippen LogP contribution in [0.15, 0.2) is 29.4 Å². The average molecular weight is 144 g/mol. The Hall–Kier alpha value is -0.890. The Morgan fingerprint density at radius 2 is 2.22 bits per heavy atom. The number of halogens is 1. The van der Waals surface area contributed by atoms with Gasteiger partial charge in [0, 0.05) is 6.20 Å². The summed E-state index contributed by atoms with van der Waals surface area (Å²) in [5.74, 6) is 0. The van der Waals surface area contributed by atoms with Gasteiger partial charge in [0.1, 0.15) is 0 Å². The molecule has 0 aliphatic carbocycles. The minimum atomic E-state index is -0.572. The van der Waals surface area contributed by atoms with Gasteiger partial charge in [-0.05, 0) is 18.3 Å². The first kappa shape index (κ1) is 8.11. The summed E-state index contributed by atoms with van der Waals surface area (Å²) in [5.41, 5.74) is 0.256. The molecule has 0 N–H and O–H groups in total. The van der Waals surface area contributed by atoms with Gasteiger partial charge in [0.25, 0.3) is 5.24 Å². The third kappa shape index (κ3) is 2.82. The van der Waals surface area contributed by atoms with Crippen molar-refractivity contribution in [3.05, 3.63) is 24.4 Å². The van der Waals surface area contributed by atoms with Crippen LogP contribution in [0.5, 0.6) is 0 Å². The van der Waals surface area contributed by atoms with Crippen LogP contribution in [-0.4, -0.2) is 12.0 Å². The molecule has 2 nitrogen and oxygen atoms in total. The predicted molar refractivity (Wildman–Crippen MR) is 38.7 cm³/mol. The molecule has 3 heteroatoms. The molecule has 0 saturated heterocycles. The maximum atomic E-state index is 10.3. The van der Waals surface area contributed by atoms with Crippen molar-refractivity contribution in [1.82, 2.24) is 0 Å². The molecule has 48 valence electrons. The second kappa shape index (κ2) is 4.04. The van der Waals surface area contributed by atoms with Crippen LogP contribution in [0.4, 0.5) is 0 Å². The first-order valence-electron chi connectivity index (χ1n) is 2.20. The number of allylic oxidation sites excluding steroid dienone is 2. The number of hydrogen-bond donors (Lipinski definition) is 0. The molecule has 0 fully saturated rings. The van der Waals surface area contributed by atoms with E-state index in [2.05, 4.69) is 18.3 Å². The molecule has 0 spiro atoms. The van der Waals surface area contributed by atoms with Crippen molar-refractivity contribution in [3.8, 4) is 0 Å². The van der Waals surface area contributed by atoms with E-state index in [1.165, 1.54) is 12.3 Å². The first-order chi connectivity index (χ1) is 4.22. The van der Waals surface area contributed by atoms with E-state index in [0.717, 1.165) is 0 Å². The molecule has 0 bridgehead atoms.